The van der Waals surface area contributed by atoms with E-state index in [-0.39, 0.29) is 5.84 Å². The van der Waals surface area contributed by atoms with E-state index in [0.29, 0.717) is 0 Å². The first-order valence-corrected chi connectivity index (χ1v) is 6.05. The van der Waals surface area contributed by atoms with E-state index in [1.54, 1.807) is 18.1 Å². The maximum atomic E-state index is 7.38. The number of hydrogen-bond acceptors (Lipinski definition) is 4. The Hall–Kier alpha value is -1.82. The summed E-state index contributed by atoms with van der Waals surface area (Å²) in [6.07, 6.45) is 1.67. The number of thioether (sulfide) groups is 1. The van der Waals surface area contributed by atoms with Gasteiger partial charge in [0.05, 0.1) is 0 Å². The minimum Gasteiger partial charge on any atom is -0.384 e. The summed E-state index contributed by atoms with van der Waals surface area (Å²) in [5.41, 5.74) is 7.31. The fourth-order valence-electron chi connectivity index (χ4n) is 1.38. The van der Waals surface area contributed by atoms with Crippen molar-refractivity contribution in [2.75, 3.05) is 0 Å². The van der Waals surface area contributed by atoms with Crippen LogP contribution in [0.2, 0.25) is 0 Å². The van der Waals surface area contributed by atoms with Gasteiger partial charge in [0.25, 0.3) is 0 Å². The summed E-state index contributed by atoms with van der Waals surface area (Å²) in [5.74, 6) is 0.878. The summed E-state index contributed by atoms with van der Waals surface area (Å²) in [4.78, 5) is 0. The van der Waals surface area contributed by atoms with Gasteiger partial charge in [-0.25, -0.2) is 0 Å². The Morgan fingerprint density at radius 1 is 1.53 bits per heavy atom. The maximum absolute atomic E-state index is 7.38. The van der Waals surface area contributed by atoms with Crippen molar-refractivity contribution in [2.45, 2.75) is 10.9 Å². The van der Waals surface area contributed by atoms with Crippen LogP contribution in [0, 0.1) is 5.41 Å². The molecule has 0 aliphatic rings. The molecule has 0 radical (unpaired) electrons. The second kappa shape index (κ2) is 5.01. The van der Waals surface area contributed by atoms with Crippen molar-refractivity contribution in [2.24, 2.45) is 12.8 Å². The van der Waals surface area contributed by atoms with Crippen LogP contribution in [0.4, 0.5) is 0 Å². The molecule has 0 atom stereocenters. The Kier molecular flexibility index (Phi) is 3.43. The van der Waals surface area contributed by atoms with Gasteiger partial charge in [0.2, 0.25) is 0 Å². The summed E-state index contributed by atoms with van der Waals surface area (Å²) in [5, 5.41) is 16.1. The van der Waals surface area contributed by atoms with Gasteiger partial charge in [-0.05, 0) is 11.6 Å². The highest BCUT2D eigenvalue weighted by Crippen LogP contribution is 2.20. The van der Waals surface area contributed by atoms with Crippen molar-refractivity contribution < 1.29 is 0 Å². The molecule has 0 unspecified atom stereocenters. The lowest BCUT2D eigenvalue weighted by Crippen LogP contribution is -2.10. The molecule has 0 amide bonds. The minimum absolute atomic E-state index is 0.0931. The Bertz CT molecular complexity index is 534. The molecule has 0 fully saturated rings. The van der Waals surface area contributed by atoms with Crippen molar-refractivity contribution in [1.82, 2.24) is 14.8 Å². The van der Waals surface area contributed by atoms with E-state index in [9.17, 15) is 0 Å². The van der Waals surface area contributed by atoms with Crippen LogP contribution in [0.1, 0.15) is 11.1 Å². The van der Waals surface area contributed by atoms with Crippen LogP contribution in [-0.4, -0.2) is 20.6 Å². The smallest absolute Gasteiger partial charge is 0.191 e. The number of amidine groups is 1. The molecular formula is C11H13N5S. The highest BCUT2D eigenvalue weighted by atomic mass is 32.2. The zero-order valence-electron chi connectivity index (χ0n) is 9.42. The SMILES string of the molecule is Cn1cnnc1SCc1cccc(C(=N)N)c1. The lowest BCUT2D eigenvalue weighted by atomic mass is 10.1. The summed E-state index contributed by atoms with van der Waals surface area (Å²) >= 11 is 1.61. The lowest BCUT2D eigenvalue weighted by Gasteiger charge is -2.03. The molecule has 2 rings (SSSR count). The first kappa shape index (κ1) is 11.7. The second-order valence-electron chi connectivity index (χ2n) is 3.63. The Morgan fingerprint density at radius 2 is 2.35 bits per heavy atom. The molecule has 88 valence electrons. The average Bonchev–Trinajstić information content (AvgIpc) is 2.72. The number of nitrogens with two attached hydrogens (primary N) is 1. The summed E-state index contributed by atoms with van der Waals surface area (Å²) in [6, 6.07) is 7.67. The van der Waals surface area contributed by atoms with Crippen molar-refractivity contribution in [3.8, 4) is 0 Å². The number of aromatic nitrogens is 3. The van der Waals surface area contributed by atoms with E-state index in [1.165, 1.54) is 0 Å². The normalized spacial score (nSPS) is 10.4. The highest BCUT2D eigenvalue weighted by Gasteiger charge is 2.03. The molecule has 0 aliphatic heterocycles. The predicted octanol–water partition coefficient (Wildman–Crippen LogP) is 1.39. The Labute approximate surface area is 104 Å². The number of benzene rings is 1. The van der Waals surface area contributed by atoms with Gasteiger partial charge in [0, 0.05) is 18.4 Å². The number of hydrogen-bond donors (Lipinski definition) is 2. The first-order chi connectivity index (χ1) is 8.16. The quantitative estimate of drug-likeness (QED) is 0.486. The molecule has 0 saturated carbocycles. The van der Waals surface area contributed by atoms with Crippen LogP contribution in [0.3, 0.4) is 0 Å². The molecule has 3 N–H and O–H groups in total. The van der Waals surface area contributed by atoms with Crippen LogP contribution in [0.5, 0.6) is 0 Å². The Morgan fingerprint density at radius 3 is 3.00 bits per heavy atom. The topological polar surface area (TPSA) is 80.6 Å². The second-order valence-corrected chi connectivity index (χ2v) is 4.57. The molecule has 0 aliphatic carbocycles. The van der Waals surface area contributed by atoms with Gasteiger partial charge in [-0.15, -0.1) is 10.2 Å². The number of nitrogen functional groups attached to an aromatic ring is 1. The summed E-state index contributed by atoms with van der Waals surface area (Å²) < 4.78 is 1.87. The van der Waals surface area contributed by atoms with Crippen LogP contribution in [-0.2, 0) is 12.8 Å². The molecule has 1 aromatic carbocycles. The fourth-order valence-corrected chi connectivity index (χ4v) is 2.21. The average molecular weight is 247 g/mol. The van der Waals surface area contributed by atoms with Gasteiger partial charge in [-0.3, -0.25) is 5.41 Å². The third-order valence-corrected chi connectivity index (χ3v) is 3.38. The summed E-state index contributed by atoms with van der Waals surface area (Å²) in [7, 11) is 1.91. The monoisotopic (exact) mass is 247 g/mol. The van der Waals surface area contributed by atoms with E-state index in [0.717, 1.165) is 22.0 Å². The molecular weight excluding hydrogens is 234 g/mol. The van der Waals surface area contributed by atoms with Gasteiger partial charge >= 0.3 is 0 Å². The zero-order chi connectivity index (χ0) is 12.3. The van der Waals surface area contributed by atoms with Crippen molar-refractivity contribution in [3.63, 3.8) is 0 Å². The van der Waals surface area contributed by atoms with E-state index >= 15 is 0 Å². The van der Waals surface area contributed by atoms with Crippen LogP contribution in [0.25, 0.3) is 0 Å². The standard InChI is InChI=1S/C11H13N5S/c1-16-7-14-15-11(16)17-6-8-3-2-4-9(5-8)10(12)13/h2-5,7H,6H2,1H3,(H3,12,13). The van der Waals surface area contributed by atoms with E-state index in [4.69, 9.17) is 11.1 Å². The van der Waals surface area contributed by atoms with Gasteiger partial charge in [0.15, 0.2) is 5.16 Å². The van der Waals surface area contributed by atoms with Crippen LogP contribution in [0.15, 0.2) is 35.7 Å². The third kappa shape index (κ3) is 2.85. The number of nitrogens with zero attached hydrogens (tertiary/aromatic N) is 3. The van der Waals surface area contributed by atoms with E-state index in [1.807, 2.05) is 35.9 Å². The molecule has 5 nitrogen and oxygen atoms in total. The zero-order valence-corrected chi connectivity index (χ0v) is 10.2. The molecule has 0 bridgehead atoms. The van der Waals surface area contributed by atoms with Crippen molar-refractivity contribution in [3.05, 3.63) is 41.7 Å². The van der Waals surface area contributed by atoms with Gasteiger partial charge < -0.3 is 10.3 Å². The molecule has 0 saturated heterocycles. The molecule has 1 heterocycles. The fraction of sp³-hybridized carbons (Fsp3) is 0.182. The molecule has 2 aromatic rings. The number of rotatable bonds is 4. The molecule has 6 heteroatoms. The molecule has 1 aromatic heterocycles. The minimum atomic E-state index is 0.0931. The largest absolute Gasteiger partial charge is 0.384 e. The van der Waals surface area contributed by atoms with Gasteiger partial charge in [-0.1, -0.05) is 30.0 Å². The molecule has 0 spiro atoms. The molecule has 17 heavy (non-hydrogen) atoms. The lowest BCUT2D eigenvalue weighted by molar-refractivity contribution is 0.788. The van der Waals surface area contributed by atoms with Crippen LogP contribution >= 0.6 is 11.8 Å². The number of nitrogens with one attached hydrogen (secondary N) is 1. The van der Waals surface area contributed by atoms with E-state index in [2.05, 4.69) is 10.2 Å². The van der Waals surface area contributed by atoms with Crippen LogP contribution < -0.4 is 5.73 Å². The summed E-state index contributed by atoms with van der Waals surface area (Å²) in [6.45, 7) is 0. The van der Waals surface area contributed by atoms with Gasteiger partial charge in [0.1, 0.15) is 12.2 Å². The predicted molar refractivity (Wildman–Crippen MR) is 68.0 cm³/mol. The van der Waals surface area contributed by atoms with Gasteiger partial charge in [-0.2, -0.15) is 0 Å². The highest BCUT2D eigenvalue weighted by molar-refractivity contribution is 7.98. The van der Waals surface area contributed by atoms with E-state index < -0.39 is 0 Å². The maximum Gasteiger partial charge on any atom is 0.191 e. The third-order valence-electron chi connectivity index (χ3n) is 2.28. The first-order valence-electron chi connectivity index (χ1n) is 5.07. The number of aryl methyl sites for hydroxylation is 1. The Balaban J connectivity index is 2.07. The van der Waals surface area contributed by atoms with Crippen molar-refractivity contribution >= 4 is 17.6 Å². The van der Waals surface area contributed by atoms with Crippen molar-refractivity contribution in [1.29, 1.82) is 5.41 Å².